The Labute approximate surface area is 74.0 Å². The molecule has 0 spiro atoms. The van der Waals surface area contributed by atoms with E-state index < -0.39 is 0 Å². The summed E-state index contributed by atoms with van der Waals surface area (Å²) in [5.41, 5.74) is 3.61. The van der Waals surface area contributed by atoms with Crippen LogP contribution >= 0.6 is 0 Å². The number of aliphatic imine (C=N–C) groups is 1. The molecule has 2 nitrogen and oxygen atoms in total. The molecule has 0 aromatic carbocycles. The van der Waals surface area contributed by atoms with Gasteiger partial charge in [0.05, 0.1) is 6.61 Å². The van der Waals surface area contributed by atoms with Crippen molar-refractivity contribution >= 4 is 5.71 Å². The molecular weight excluding hydrogens is 150 g/mol. The largest absolute Gasteiger partial charge is 0.392 e. The second-order valence-corrected chi connectivity index (χ2v) is 3.03. The standard InChI is InChI=1S/C10H17NO/c1-3-8-5-6-11-10(4-2)9(8)7-12/h12H,3-7H2,1-2H3. The molecule has 0 radical (unpaired) electrons. The molecule has 68 valence electrons. The molecule has 1 rings (SSSR count). The van der Waals surface area contributed by atoms with E-state index in [2.05, 4.69) is 18.8 Å². The van der Waals surface area contributed by atoms with Gasteiger partial charge in [-0.3, -0.25) is 4.99 Å². The third-order valence-electron chi connectivity index (χ3n) is 2.41. The SMILES string of the molecule is CCC1=NCCC(CC)=C1CO. The van der Waals surface area contributed by atoms with Crippen LogP contribution < -0.4 is 0 Å². The van der Waals surface area contributed by atoms with Gasteiger partial charge in [0.25, 0.3) is 0 Å². The summed E-state index contributed by atoms with van der Waals surface area (Å²) in [6.07, 6.45) is 3.03. The van der Waals surface area contributed by atoms with Crippen molar-refractivity contribution in [1.82, 2.24) is 0 Å². The highest BCUT2D eigenvalue weighted by atomic mass is 16.3. The van der Waals surface area contributed by atoms with E-state index in [4.69, 9.17) is 5.11 Å². The number of aliphatic hydroxyl groups is 1. The van der Waals surface area contributed by atoms with Crippen molar-refractivity contribution < 1.29 is 5.11 Å². The van der Waals surface area contributed by atoms with E-state index in [1.807, 2.05) is 0 Å². The predicted octanol–water partition coefficient (Wildman–Crippen LogP) is 1.94. The first kappa shape index (κ1) is 9.46. The van der Waals surface area contributed by atoms with Gasteiger partial charge in [-0.1, -0.05) is 19.4 Å². The quantitative estimate of drug-likeness (QED) is 0.684. The van der Waals surface area contributed by atoms with Crippen LogP contribution in [0.5, 0.6) is 0 Å². The minimum atomic E-state index is 0.163. The first-order chi connectivity index (χ1) is 5.83. The van der Waals surface area contributed by atoms with Crippen LogP contribution in [0.3, 0.4) is 0 Å². The molecule has 1 aliphatic heterocycles. The highest BCUT2D eigenvalue weighted by Gasteiger charge is 2.13. The van der Waals surface area contributed by atoms with Gasteiger partial charge in [0, 0.05) is 12.3 Å². The fourth-order valence-corrected chi connectivity index (χ4v) is 1.69. The smallest absolute Gasteiger partial charge is 0.0699 e. The van der Waals surface area contributed by atoms with Crippen LogP contribution in [0.4, 0.5) is 0 Å². The van der Waals surface area contributed by atoms with E-state index in [0.717, 1.165) is 37.1 Å². The molecule has 1 heterocycles. The molecule has 1 N–H and O–H groups in total. The second-order valence-electron chi connectivity index (χ2n) is 3.03. The Kier molecular flexibility index (Phi) is 3.48. The van der Waals surface area contributed by atoms with Crippen LogP contribution in [0, 0.1) is 0 Å². The van der Waals surface area contributed by atoms with Gasteiger partial charge in [-0.25, -0.2) is 0 Å². The zero-order valence-corrected chi connectivity index (χ0v) is 7.93. The van der Waals surface area contributed by atoms with Gasteiger partial charge >= 0.3 is 0 Å². The van der Waals surface area contributed by atoms with Gasteiger partial charge < -0.3 is 5.11 Å². The zero-order valence-electron chi connectivity index (χ0n) is 7.93. The summed E-state index contributed by atoms with van der Waals surface area (Å²) in [5.74, 6) is 0. The summed E-state index contributed by atoms with van der Waals surface area (Å²) in [7, 11) is 0. The van der Waals surface area contributed by atoms with Crippen LogP contribution in [-0.4, -0.2) is 24.0 Å². The Hall–Kier alpha value is -0.630. The highest BCUT2D eigenvalue weighted by molar-refractivity contribution is 6.01. The van der Waals surface area contributed by atoms with Gasteiger partial charge in [-0.2, -0.15) is 0 Å². The monoisotopic (exact) mass is 167 g/mol. The van der Waals surface area contributed by atoms with Gasteiger partial charge in [0.15, 0.2) is 0 Å². The average Bonchev–Trinajstić information content (AvgIpc) is 2.16. The van der Waals surface area contributed by atoms with Crippen LogP contribution in [0.25, 0.3) is 0 Å². The molecule has 0 unspecified atom stereocenters. The third kappa shape index (κ3) is 1.75. The molecule has 0 aromatic rings. The minimum Gasteiger partial charge on any atom is -0.392 e. The van der Waals surface area contributed by atoms with Crippen molar-refractivity contribution in [3.63, 3.8) is 0 Å². The van der Waals surface area contributed by atoms with Crippen LogP contribution in [-0.2, 0) is 0 Å². The van der Waals surface area contributed by atoms with Gasteiger partial charge in [0.1, 0.15) is 0 Å². The van der Waals surface area contributed by atoms with Gasteiger partial charge in [-0.15, -0.1) is 0 Å². The van der Waals surface area contributed by atoms with Gasteiger partial charge in [0.2, 0.25) is 0 Å². The van der Waals surface area contributed by atoms with E-state index in [9.17, 15) is 0 Å². The Morgan fingerprint density at radius 2 is 2.08 bits per heavy atom. The first-order valence-electron chi connectivity index (χ1n) is 4.68. The summed E-state index contributed by atoms with van der Waals surface area (Å²) in [6.45, 7) is 5.31. The van der Waals surface area contributed by atoms with E-state index in [1.54, 1.807) is 0 Å². The van der Waals surface area contributed by atoms with Gasteiger partial charge in [-0.05, 0) is 24.8 Å². The van der Waals surface area contributed by atoms with Crippen LogP contribution in [0.15, 0.2) is 16.1 Å². The van der Waals surface area contributed by atoms with Crippen molar-refractivity contribution in [2.45, 2.75) is 33.1 Å². The third-order valence-corrected chi connectivity index (χ3v) is 2.41. The molecule has 1 aliphatic rings. The Balaban J connectivity index is 2.89. The lowest BCUT2D eigenvalue weighted by Crippen LogP contribution is -2.14. The highest BCUT2D eigenvalue weighted by Crippen LogP contribution is 2.20. The summed E-state index contributed by atoms with van der Waals surface area (Å²) in [4.78, 5) is 4.40. The molecule has 0 atom stereocenters. The molecule has 0 bridgehead atoms. The Morgan fingerprint density at radius 1 is 1.33 bits per heavy atom. The number of aliphatic hydroxyl groups excluding tert-OH is 1. The number of nitrogens with zero attached hydrogens (tertiary/aromatic N) is 1. The minimum absolute atomic E-state index is 0.163. The van der Waals surface area contributed by atoms with Crippen molar-refractivity contribution in [2.75, 3.05) is 13.2 Å². The van der Waals surface area contributed by atoms with E-state index in [0.29, 0.717) is 0 Å². The number of hydrogen-bond donors (Lipinski definition) is 1. The molecule has 0 saturated heterocycles. The predicted molar refractivity (Wildman–Crippen MR) is 51.6 cm³/mol. The topological polar surface area (TPSA) is 32.6 Å². The molecule has 0 amide bonds. The summed E-state index contributed by atoms with van der Waals surface area (Å²) in [6, 6.07) is 0. The molecule has 0 aromatic heterocycles. The van der Waals surface area contributed by atoms with Crippen molar-refractivity contribution in [2.24, 2.45) is 4.99 Å². The summed E-state index contributed by atoms with van der Waals surface area (Å²) < 4.78 is 0. The molecule has 0 aliphatic carbocycles. The molecule has 0 saturated carbocycles. The number of rotatable bonds is 3. The fraction of sp³-hybridized carbons (Fsp3) is 0.700. The second kappa shape index (κ2) is 4.41. The molecule has 2 heteroatoms. The number of hydrogen-bond acceptors (Lipinski definition) is 2. The van der Waals surface area contributed by atoms with Crippen molar-refractivity contribution in [3.05, 3.63) is 11.1 Å². The summed E-state index contributed by atoms with van der Waals surface area (Å²) in [5, 5.41) is 9.16. The maximum Gasteiger partial charge on any atom is 0.0699 e. The Morgan fingerprint density at radius 3 is 2.58 bits per heavy atom. The van der Waals surface area contributed by atoms with E-state index in [1.165, 1.54) is 5.57 Å². The number of dihydropyridines is 1. The zero-order chi connectivity index (χ0) is 8.97. The molecule has 12 heavy (non-hydrogen) atoms. The molecule has 0 fully saturated rings. The van der Waals surface area contributed by atoms with Crippen LogP contribution in [0.2, 0.25) is 0 Å². The Bertz CT molecular complexity index is 216. The van der Waals surface area contributed by atoms with Crippen molar-refractivity contribution in [1.29, 1.82) is 0 Å². The summed E-state index contributed by atoms with van der Waals surface area (Å²) >= 11 is 0. The van der Waals surface area contributed by atoms with E-state index >= 15 is 0 Å². The normalized spacial score (nSPS) is 18.1. The maximum atomic E-state index is 9.16. The lowest BCUT2D eigenvalue weighted by atomic mass is 9.95. The van der Waals surface area contributed by atoms with E-state index in [-0.39, 0.29) is 6.61 Å². The van der Waals surface area contributed by atoms with Crippen molar-refractivity contribution in [3.8, 4) is 0 Å². The molecular formula is C10H17NO. The lowest BCUT2D eigenvalue weighted by molar-refractivity contribution is 0.334. The first-order valence-corrected chi connectivity index (χ1v) is 4.68. The van der Waals surface area contributed by atoms with Crippen LogP contribution in [0.1, 0.15) is 33.1 Å². The lowest BCUT2D eigenvalue weighted by Gasteiger charge is -2.18. The maximum absolute atomic E-state index is 9.16. The fourth-order valence-electron chi connectivity index (χ4n) is 1.69. The average molecular weight is 167 g/mol.